The Balaban J connectivity index is 1.32. The quantitative estimate of drug-likeness (QED) is 0.490. The number of benzene rings is 1. The fourth-order valence-electron chi connectivity index (χ4n) is 2.96. The highest BCUT2D eigenvalue weighted by atomic mass is 32.1. The molecule has 1 aromatic carbocycles. The molecule has 5 nitrogen and oxygen atoms in total. The fourth-order valence-corrected chi connectivity index (χ4v) is 4.59. The van der Waals surface area contributed by atoms with Gasteiger partial charge in [0.2, 0.25) is 5.91 Å². The van der Waals surface area contributed by atoms with Crippen molar-refractivity contribution in [2.24, 2.45) is 0 Å². The molecule has 3 heterocycles. The van der Waals surface area contributed by atoms with Crippen LogP contribution < -0.4 is 10.1 Å². The summed E-state index contributed by atoms with van der Waals surface area (Å²) in [5.74, 6) is 0.827. The Bertz CT molecular complexity index is 1050. The van der Waals surface area contributed by atoms with Gasteiger partial charge in [-0.05, 0) is 41.6 Å². The molecule has 4 aromatic rings. The number of fused-ring (bicyclic) bond motifs is 1. The Morgan fingerprint density at radius 3 is 3.04 bits per heavy atom. The summed E-state index contributed by atoms with van der Waals surface area (Å²) in [5, 5.41) is 9.08. The number of aromatic nitrogens is 2. The summed E-state index contributed by atoms with van der Waals surface area (Å²) in [6.45, 7) is 0.588. The van der Waals surface area contributed by atoms with Crippen molar-refractivity contribution in [3.05, 3.63) is 58.5 Å². The fraction of sp³-hybridized carbons (Fsp3) is 0.200. The van der Waals surface area contributed by atoms with Gasteiger partial charge in [-0.15, -0.1) is 22.7 Å². The number of nitrogens with zero attached hydrogens (tertiary/aromatic N) is 1. The van der Waals surface area contributed by atoms with Gasteiger partial charge >= 0.3 is 0 Å². The van der Waals surface area contributed by atoms with Crippen LogP contribution in [0.2, 0.25) is 0 Å². The smallest absolute Gasteiger partial charge is 0.226 e. The number of methoxy groups -OCH3 is 1. The van der Waals surface area contributed by atoms with E-state index in [1.165, 1.54) is 0 Å². The van der Waals surface area contributed by atoms with Crippen LogP contribution in [0.4, 0.5) is 0 Å². The highest BCUT2D eigenvalue weighted by Crippen LogP contribution is 2.28. The van der Waals surface area contributed by atoms with E-state index in [9.17, 15) is 4.79 Å². The molecule has 0 spiro atoms. The maximum atomic E-state index is 12.2. The van der Waals surface area contributed by atoms with Gasteiger partial charge in [-0.2, -0.15) is 0 Å². The summed E-state index contributed by atoms with van der Waals surface area (Å²) >= 11 is 3.24. The molecule has 0 saturated carbocycles. The van der Waals surface area contributed by atoms with E-state index in [0.717, 1.165) is 44.2 Å². The normalized spacial score (nSPS) is 11.0. The SMILES string of the molecule is COc1ccc2[nH]cc(CCNC(=O)Cc3csc(-c4cccs4)n3)c2c1. The molecule has 0 saturated heterocycles. The second kappa shape index (κ2) is 7.94. The first kappa shape index (κ1) is 17.8. The van der Waals surface area contributed by atoms with Gasteiger partial charge in [-0.3, -0.25) is 4.79 Å². The summed E-state index contributed by atoms with van der Waals surface area (Å²) in [4.78, 5) is 21.2. The van der Waals surface area contributed by atoms with Crippen molar-refractivity contribution in [2.75, 3.05) is 13.7 Å². The summed E-state index contributed by atoms with van der Waals surface area (Å²) < 4.78 is 5.30. The zero-order chi connectivity index (χ0) is 18.6. The van der Waals surface area contributed by atoms with Crippen LogP contribution in [-0.4, -0.2) is 29.5 Å². The number of thiazole rings is 1. The minimum Gasteiger partial charge on any atom is -0.497 e. The van der Waals surface area contributed by atoms with E-state index in [-0.39, 0.29) is 5.91 Å². The number of aromatic amines is 1. The lowest BCUT2D eigenvalue weighted by Gasteiger charge is -2.04. The Morgan fingerprint density at radius 1 is 1.30 bits per heavy atom. The number of ether oxygens (including phenoxy) is 1. The van der Waals surface area contributed by atoms with Gasteiger partial charge in [0, 0.05) is 29.0 Å². The molecule has 27 heavy (non-hydrogen) atoms. The summed E-state index contributed by atoms with van der Waals surface area (Å²) in [6, 6.07) is 10.0. The largest absolute Gasteiger partial charge is 0.497 e. The molecule has 4 rings (SSSR count). The molecule has 0 atom stereocenters. The third-order valence-electron chi connectivity index (χ3n) is 4.32. The van der Waals surface area contributed by atoms with Gasteiger partial charge in [-0.1, -0.05) is 6.07 Å². The third kappa shape index (κ3) is 4.04. The molecule has 1 amide bonds. The standard InChI is InChI=1S/C20H19N3O2S2/c1-25-15-4-5-17-16(10-15)13(11-22-17)6-7-21-19(24)9-14-12-27-20(23-14)18-3-2-8-26-18/h2-5,8,10-12,22H,6-7,9H2,1H3,(H,21,24). The molecule has 0 radical (unpaired) electrons. The van der Waals surface area contributed by atoms with Crippen LogP contribution in [0, 0.1) is 0 Å². The van der Waals surface area contributed by atoms with E-state index in [0.29, 0.717) is 13.0 Å². The lowest BCUT2D eigenvalue weighted by molar-refractivity contribution is -0.120. The molecule has 138 valence electrons. The molecule has 0 unspecified atom stereocenters. The number of hydrogen-bond donors (Lipinski definition) is 2. The second-order valence-corrected chi connectivity index (χ2v) is 7.93. The van der Waals surface area contributed by atoms with E-state index in [2.05, 4.69) is 15.3 Å². The third-order valence-corrected chi connectivity index (χ3v) is 6.25. The van der Waals surface area contributed by atoms with E-state index in [4.69, 9.17) is 4.74 Å². The Morgan fingerprint density at radius 2 is 2.22 bits per heavy atom. The molecule has 3 aromatic heterocycles. The topological polar surface area (TPSA) is 67.0 Å². The van der Waals surface area contributed by atoms with Crippen molar-refractivity contribution in [3.8, 4) is 15.6 Å². The van der Waals surface area contributed by atoms with Crippen molar-refractivity contribution in [1.82, 2.24) is 15.3 Å². The van der Waals surface area contributed by atoms with Crippen LogP contribution in [0.25, 0.3) is 20.8 Å². The van der Waals surface area contributed by atoms with Crippen LogP contribution in [-0.2, 0) is 17.6 Å². The van der Waals surface area contributed by atoms with Gasteiger partial charge < -0.3 is 15.0 Å². The van der Waals surface area contributed by atoms with Crippen LogP contribution in [0.15, 0.2) is 47.3 Å². The number of amides is 1. The average molecular weight is 398 g/mol. The molecule has 0 bridgehead atoms. The second-order valence-electron chi connectivity index (χ2n) is 6.12. The number of carbonyl (C=O) groups excluding carboxylic acids is 1. The average Bonchev–Trinajstić information content (AvgIpc) is 3.42. The molecule has 0 aliphatic heterocycles. The first-order valence-corrected chi connectivity index (χ1v) is 10.4. The maximum absolute atomic E-state index is 12.2. The minimum atomic E-state index is -0.00421. The first-order valence-electron chi connectivity index (χ1n) is 8.62. The van der Waals surface area contributed by atoms with Gasteiger partial charge in [0.15, 0.2) is 0 Å². The number of nitrogens with one attached hydrogen (secondary N) is 2. The lowest BCUT2D eigenvalue weighted by Crippen LogP contribution is -2.27. The van der Waals surface area contributed by atoms with E-state index in [1.54, 1.807) is 29.8 Å². The summed E-state index contributed by atoms with van der Waals surface area (Å²) in [6.07, 6.45) is 3.06. The molecule has 0 fully saturated rings. The Hall–Kier alpha value is -2.64. The van der Waals surface area contributed by atoms with Gasteiger partial charge in [0.05, 0.1) is 24.1 Å². The Labute approximate surface area is 165 Å². The number of hydrogen-bond acceptors (Lipinski definition) is 5. The molecule has 7 heteroatoms. The maximum Gasteiger partial charge on any atom is 0.226 e. The van der Waals surface area contributed by atoms with Crippen molar-refractivity contribution in [2.45, 2.75) is 12.8 Å². The molecule has 2 N–H and O–H groups in total. The molecule has 0 aliphatic carbocycles. The minimum absolute atomic E-state index is 0.00421. The summed E-state index contributed by atoms with van der Waals surface area (Å²) in [7, 11) is 1.66. The predicted molar refractivity (Wildman–Crippen MR) is 111 cm³/mol. The van der Waals surface area contributed by atoms with Crippen LogP contribution in [0.5, 0.6) is 5.75 Å². The van der Waals surface area contributed by atoms with E-state index >= 15 is 0 Å². The van der Waals surface area contributed by atoms with Gasteiger partial charge in [-0.25, -0.2) is 4.98 Å². The van der Waals surface area contributed by atoms with Crippen molar-refractivity contribution < 1.29 is 9.53 Å². The van der Waals surface area contributed by atoms with E-state index in [1.807, 2.05) is 47.3 Å². The predicted octanol–water partition coefficient (Wildman–Crippen LogP) is 4.26. The van der Waals surface area contributed by atoms with Crippen molar-refractivity contribution >= 4 is 39.5 Å². The van der Waals surface area contributed by atoms with Gasteiger partial charge in [0.1, 0.15) is 10.8 Å². The summed E-state index contributed by atoms with van der Waals surface area (Å²) in [5.41, 5.74) is 3.05. The molecular weight excluding hydrogens is 378 g/mol. The molecule has 0 aliphatic rings. The number of thiophene rings is 1. The Kier molecular flexibility index (Phi) is 5.22. The van der Waals surface area contributed by atoms with E-state index < -0.39 is 0 Å². The van der Waals surface area contributed by atoms with Crippen molar-refractivity contribution in [3.63, 3.8) is 0 Å². The zero-order valence-corrected chi connectivity index (χ0v) is 16.5. The monoisotopic (exact) mass is 397 g/mol. The van der Waals surface area contributed by atoms with Crippen LogP contribution >= 0.6 is 22.7 Å². The number of rotatable bonds is 7. The van der Waals surface area contributed by atoms with Crippen LogP contribution in [0.1, 0.15) is 11.3 Å². The number of carbonyl (C=O) groups is 1. The van der Waals surface area contributed by atoms with Crippen molar-refractivity contribution in [1.29, 1.82) is 0 Å². The molecular formula is C20H19N3O2S2. The number of H-pyrrole nitrogens is 1. The highest BCUT2D eigenvalue weighted by molar-refractivity contribution is 7.20. The lowest BCUT2D eigenvalue weighted by atomic mass is 10.1. The van der Waals surface area contributed by atoms with Crippen LogP contribution in [0.3, 0.4) is 0 Å². The zero-order valence-electron chi connectivity index (χ0n) is 14.8. The first-order chi connectivity index (χ1) is 13.2. The van der Waals surface area contributed by atoms with Gasteiger partial charge in [0.25, 0.3) is 0 Å². The highest BCUT2D eigenvalue weighted by Gasteiger charge is 2.10.